The molecular formula is C14H18N2O2S2. The van der Waals surface area contributed by atoms with Crippen molar-refractivity contribution in [3.8, 4) is 0 Å². The molecule has 0 aliphatic carbocycles. The summed E-state index contributed by atoms with van der Waals surface area (Å²) in [4.78, 5) is 15.8. The molecule has 0 fully saturated rings. The van der Waals surface area contributed by atoms with E-state index in [0.29, 0.717) is 19.7 Å². The van der Waals surface area contributed by atoms with Gasteiger partial charge in [0.15, 0.2) is 0 Å². The highest BCUT2D eigenvalue weighted by molar-refractivity contribution is 7.71. The normalized spacial score (nSPS) is 11.8. The number of carbonyl (C=O) groups excluding carboxylic acids is 1. The van der Waals surface area contributed by atoms with Gasteiger partial charge in [0.05, 0.1) is 6.54 Å². The molecule has 0 saturated heterocycles. The lowest BCUT2D eigenvalue weighted by atomic mass is 10.3. The molecule has 1 heterocycles. The Balaban J connectivity index is 1.80. The Morgan fingerprint density at radius 1 is 1.35 bits per heavy atom. The zero-order valence-corrected chi connectivity index (χ0v) is 13.1. The topological polar surface area (TPSA) is 50.7 Å². The zero-order valence-electron chi connectivity index (χ0n) is 11.4. The Morgan fingerprint density at radius 2 is 2.20 bits per heavy atom. The molecule has 108 valence electrons. The second kappa shape index (κ2) is 8.01. The highest BCUT2D eigenvalue weighted by atomic mass is 32.9. The van der Waals surface area contributed by atoms with E-state index in [4.69, 9.17) is 4.74 Å². The molecule has 1 aromatic heterocycles. The van der Waals surface area contributed by atoms with Crippen molar-refractivity contribution in [3.05, 3.63) is 28.9 Å². The van der Waals surface area contributed by atoms with Gasteiger partial charge in [0.1, 0.15) is 11.3 Å². The van der Waals surface area contributed by atoms with Crippen LogP contribution in [0.1, 0.15) is 19.8 Å². The molecule has 0 aliphatic rings. The van der Waals surface area contributed by atoms with Crippen LogP contribution >= 0.6 is 20.7 Å². The third kappa shape index (κ3) is 4.31. The quantitative estimate of drug-likeness (QED) is 0.657. The molecule has 1 N–H and O–H groups in total. The van der Waals surface area contributed by atoms with Crippen molar-refractivity contribution in [2.75, 3.05) is 19.7 Å². The number of hydrogen-bond acceptors (Lipinski definition) is 5. The van der Waals surface area contributed by atoms with Crippen molar-refractivity contribution < 1.29 is 9.53 Å². The molecule has 20 heavy (non-hydrogen) atoms. The van der Waals surface area contributed by atoms with Gasteiger partial charge in [-0.1, -0.05) is 52.2 Å². The van der Waals surface area contributed by atoms with Gasteiger partial charge in [-0.25, -0.2) is 4.79 Å². The lowest BCUT2D eigenvalue weighted by Gasteiger charge is -2.04. The van der Waals surface area contributed by atoms with Crippen LogP contribution in [-0.4, -0.2) is 25.8 Å². The summed E-state index contributed by atoms with van der Waals surface area (Å²) < 4.78 is 7.32. The van der Waals surface area contributed by atoms with Crippen LogP contribution in [0.15, 0.2) is 29.3 Å². The third-order valence-electron chi connectivity index (χ3n) is 2.71. The summed E-state index contributed by atoms with van der Waals surface area (Å²) in [6, 6.07) is 8.20. The lowest BCUT2D eigenvalue weighted by Crippen LogP contribution is -2.26. The first-order chi connectivity index (χ1) is 9.81. The number of carbonyl (C=O) groups is 1. The van der Waals surface area contributed by atoms with E-state index in [0.717, 1.165) is 17.5 Å². The van der Waals surface area contributed by atoms with Gasteiger partial charge in [-0.05, 0) is 12.5 Å². The SMILES string of the molecule is CCCCNC(=O)OCCN=c1ssc2ccccc12. The second-order valence-electron chi connectivity index (χ2n) is 4.27. The van der Waals surface area contributed by atoms with Gasteiger partial charge in [0.25, 0.3) is 0 Å². The summed E-state index contributed by atoms with van der Waals surface area (Å²) in [6.45, 7) is 3.56. The molecule has 0 aliphatic heterocycles. The average Bonchev–Trinajstić information content (AvgIpc) is 2.87. The molecule has 0 radical (unpaired) electrons. The Kier molecular flexibility index (Phi) is 6.01. The number of ether oxygens (including phenoxy) is 1. The van der Waals surface area contributed by atoms with Crippen LogP contribution in [-0.2, 0) is 4.74 Å². The average molecular weight is 310 g/mol. The van der Waals surface area contributed by atoms with Crippen molar-refractivity contribution in [2.24, 2.45) is 4.99 Å². The van der Waals surface area contributed by atoms with Crippen LogP contribution in [0.4, 0.5) is 4.79 Å². The number of unbranched alkanes of at least 4 members (excludes halogenated alkanes) is 1. The summed E-state index contributed by atoms with van der Waals surface area (Å²) in [5.41, 5.74) is 0. The molecule has 0 atom stereocenters. The molecular weight excluding hydrogens is 292 g/mol. The van der Waals surface area contributed by atoms with Gasteiger partial charge in [-0.3, -0.25) is 4.99 Å². The summed E-state index contributed by atoms with van der Waals surface area (Å²) in [7, 11) is 3.38. The van der Waals surface area contributed by atoms with E-state index in [-0.39, 0.29) is 6.09 Å². The van der Waals surface area contributed by atoms with Crippen molar-refractivity contribution in [1.29, 1.82) is 0 Å². The first-order valence-corrected chi connectivity index (χ1v) is 8.85. The van der Waals surface area contributed by atoms with Crippen molar-refractivity contribution >= 4 is 36.9 Å². The number of amides is 1. The van der Waals surface area contributed by atoms with E-state index >= 15 is 0 Å². The lowest BCUT2D eigenvalue weighted by molar-refractivity contribution is 0.149. The number of nitrogens with zero attached hydrogens (tertiary/aromatic N) is 1. The predicted octanol–water partition coefficient (Wildman–Crippen LogP) is 3.39. The van der Waals surface area contributed by atoms with Crippen LogP contribution < -0.4 is 9.99 Å². The maximum Gasteiger partial charge on any atom is 0.407 e. The summed E-state index contributed by atoms with van der Waals surface area (Å²) >= 11 is 0. The largest absolute Gasteiger partial charge is 0.448 e. The summed E-state index contributed by atoms with van der Waals surface area (Å²) in [5.74, 6) is 0. The number of rotatable bonds is 6. The molecule has 2 rings (SSSR count). The Labute approximate surface area is 125 Å². The number of nitrogens with one attached hydrogen (secondary N) is 1. The maximum absolute atomic E-state index is 11.3. The minimum absolute atomic E-state index is 0.314. The monoisotopic (exact) mass is 310 g/mol. The molecule has 6 heteroatoms. The van der Waals surface area contributed by atoms with E-state index < -0.39 is 0 Å². The molecule has 2 aromatic rings. The van der Waals surface area contributed by atoms with Gasteiger partial charge in [0.2, 0.25) is 0 Å². The van der Waals surface area contributed by atoms with Crippen LogP contribution in [0.25, 0.3) is 10.1 Å². The fourth-order valence-electron chi connectivity index (χ4n) is 1.66. The molecule has 0 bridgehead atoms. The van der Waals surface area contributed by atoms with E-state index in [9.17, 15) is 4.79 Å². The molecule has 4 nitrogen and oxygen atoms in total. The number of benzene rings is 1. The van der Waals surface area contributed by atoms with Gasteiger partial charge >= 0.3 is 6.09 Å². The van der Waals surface area contributed by atoms with Gasteiger partial charge < -0.3 is 10.1 Å². The summed E-state index contributed by atoms with van der Waals surface area (Å²) in [5, 5.41) is 3.88. The molecule has 1 amide bonds. The van der Waals surface area contributed by atoms with Crippen molar-refractivity contribution in [1.82, 2.24) is 5.32 Å². The highest BCUT2D eigenvalue weighted by Gasteiger charge is 2.00. The van der Waals surface area contributed by atoms with Crippen LogP contribution in [0.2, 0.25) is 0 Å². The van der Waals surface area contributed by atoms with Crippen LogP contribution in [0, 0.1) is 0 Å². The Hall–Kier alpha value is -1.40. The minimum Gasteiger partial charge on any atom is -0.448 e. The fraction of sp³-hybridized carbons (Fsp3) is 0.429. The van der Waals surface area contributed by atoms with Gasteiger partial charge in [-0.15, -0.1) is 0 Å². The second-order valence-corrected chi connectivity index (χ2v) is 6.43. The van der Waals surface area contributed by atoms with E-state index in [1.807, 2.05) is 12.1 Å². The maximum atomic E-state index is 11.3. The van der Waals surface area contributed by atoms with E-state index in [1.54, 1.807) is 20.7 Å². The molecule has 0 spiro atoms. The number of alkyl carbamates (subject to hydrolysis) is 1. The first-order valence-electron chi connectivity index (χ1n) is 6.70. The molecule has 1 aromatic carbocycles. The van der Waals surface area contributed by atoms with E-state index in [1.165, 1.54) is 10.1 Å². The van der Waals surface area contributed by atoms with Crippen LogP contribution in [0.5, 0.6) is 0 Å². The fourth-order valence-corrected chi connectivity index (χ4v) is 4.06. The smallest absolute Gasteiger partial charge is 0.407 e. The van der Waals surface area contributed by atoms with E-state index in [2.05, 4.69) is 29.4 Å². The molecule has 0 saturated carbocycles. The first kappa shape index (κ1) is 15.0. The minimum atomic E-state index is -0.354. The highest BCUT2D eigenvalue weighted by Crippen LogP contribution is 2.19. The van der Waals surface area contributed by atoms with Crippen molar-refractivity contribution in [3.63, 3.8) is 0 Å². The van der Waals surface area contributed by atoms with Crippen LogP contribution in [0.3, 0.4) is 0 Å². The Morgan fingerprint density at radius 3 is 3.05 bits per heavy atom. The number of fused-ring (bicyclic) bond motifs is 1. The van der Waals surface area contributed by atoms with Gasteiger partial charge in [-0.2, -0.15) is 0 Å². The standard InChI is InChI=1S/C14H18N2O2S2/c1-2-3-8-16-14(17)18-10-9-15-13-11-6-4-5-7-12(11)19-20-13/h4-7H,2-3,8-10H2,1H3,(H,16,17). The predicted molar refractivity (Wildman–Crippen MR) is 84.4 cm³/mol. The van der Waals surface area contributed by atoms with Gasteiger partial charge in [0, 0.05) is 16.6 Å². The zero-order chi connectivity index (χ0) is 14.2. The third-order valence-corrected chi connectivity index (χ3v) is 5.10. The summed E-state index contributed by atoms with van der Waals surface area (Å²) in [6.07, 6.45) is 1.68. The molecule has 0 unspecified atom stereocenters. The Bertz CT molecular complexity index is 619. The van der Waals surface area contributed by atoms with Crippen molar-refractivity contribution in [2.45, 2.75) is 19.8 Å². The number of hydrogen-bond donors (Lipinski definition) is 1.